The van der Waals surface area contributed by atoms with Crippen LogP contribution in [0.4, 0.5) is 22.0 Å². The van der Waals surface area contributed by atoms with Gasteiger partial charge in [-0.05, 0) is 68.0 Å². The molecule has 2 aliphatic rings. The van der Waals surface area contributed by atoms with Gasteiger partial charge in [0.2, 0.25) is 0 Å². The molecule has 37 heavy (non-hydrogen) atoms. The second-order valence-corrected chi connectivity index (χ2v) is 14.2. The standard InChI is InChI=1S/C25H27F5O5S2/c1-2-13-36(31,32)14-11-16-4-3-12-24(19(16)15-35-23-21(27)10-9-20(26)22(23)24)37(33,34)18-7-5-17(6-8-18)25(28,29)30/h5-10,16,19H,2-4,11-15H2,1H3/t16-,19-,24-/m0/s1. The zero-order valence-corrected chi connectivity index (χ0v) is 21.7. The van der Waals surface area contributed by atoms with Crippen LogP contribution in [0.3, 0.4) is 0 Å². The molecule has 2 aromatic carbocycles. The van der Waals surface area contributed by atoms with Gasteiger partial charge in [-0.1, -0.05) is 13.3 Å². The van der Waals surface area contributed by atoms with Gasteiger partial charge in [0.15, 0.2) is 21.4 Å². The van der Waals surface area contributed by atoms with Crippen molar-refractivity contribution in [1.82, 2.24) is 0 Å². The molecule has 0 bridgehead atoms. The highest BCUT2D eigenvalue weighted by molar-refractivity contribution is 7.92. The van der Waals surface area contributed by atoms with E-state index in [1.54, 1.807) is 6.92 Å². The fourth-order valence-corrected chi connectivity index (χ4v) is 9.74. The number of benzene rings is 2. The first-order chi connectivity index (χ1) is 17.2. The minimum Gasteiger partial charge on any atom is -0.490 e. The van der Waals surface area contributed by atoms with Gasteiger partial charge in [-0.15, -0.1) is 0 Å². The van der Waals surface area contributed by atoms with Crippen molar-refractivity contribution in [2.24, 2.45) is 11.8 Å². The lowest BCUT2D eigenvalue weighted by Gasteiger charge is -2.50. The van der Waals surface area contributed by atoms with Crippen molar-refractivity contribution < 1.29 is 43.5 Å². The molecule has 12 heteroatoms. The Morgan fingerprint density at radius 1 is 0.973 bits per heavy atom. The van der Waals surface area contributed by atoms with E-state index in [9.17, 15) is 34.4 Å². The van der Waals surface area contributed by atoms with Crippen LogP contribution in [0.15, 0.2) is 41.3 Å². The third kappa shape index (κ3) is 4.86. The van der Waals surface area contributed by atoms with Gasteiger partial charge in [-0.2, -0.15) is 13.2 Å². The van der Waals surface area contributed by atoms with Gasteiger partial charge in [0.25, 0.3) is 0 Å². The molecule has 0 N–H and O–H groups in total. The maximum atomic E-state index is 15.4. The van der Waals surface area contributed by atoms with Gasteiger partial charge in [0, 0.05) is 11.7 Å². The van der Waals surface area contributed by atoms with Crippen LogP contribution in [0.25, 0.3) is 0 Å². The second kappa shape index (κ2) is 9.83. The lowest BCUT2D eigenvalue weighted by atomic mass is 9.66. The van der Waals surface area contributed by atoms with E-state index in [1.165, 1.54) is 0 Å². The normalized spacial score (nSPS) is 24.2. The van der Waals surface area contributed by atoms with Crippen LogP contribution in [-0.2, 0) is 30.6 Å². The number of rotatable bonds is 7. The van der Waals surface area contributed by atoms with Crippen molar-refractivity contribution in [3.8, 4) is 5.75 Å². The average molecular weight is 567 g/mol. The smallest absolute Gasteiger partial charge is 0.416 e. The van der Waals surface area contributed by atoms with Gasteiger partial charge in [0.05, 0.1) is 28.4 Å². The van der Waals surface area contributed by atoms with Crippen molar-refractivity contribution in [2.45, 2.75) is 54.8 Å². The van der Waals surface area contributed by atoms with Crippen LogP contribution in [0.2, 0.25) is 0 Å². The molecule has 0 radical (unpaired) electrons. The molecule has 4 rings (SSSR count). The number of halogens is 5. The molecule has 1 saturated carbocycles. The molecular weight excluding hydrogens is 539 g/mol. The monoisotopic (exact) mass is 566 g/mol. The lowest BCUT2D eigenvalue weighted by Crippen LogP contribution is -2.54. The zero-order chi connectivity index (χ0) is 27.2. The summed E-state index contributed by atoms with van der Waals surface area (Å²) < 4.78 is 126. The highest BCUT2D eigenvalue weighted by atomic mass is 32.2. The topological polar surface area (TPSA) is 77.5 Å². The quantitative estimate of drug-likeness (QED) is 0.404. The first-order valence-corrected chi connectivity index (χ1v) is 15.3. The van der Waals surface area contributed by atoms with E-state index in [0.29, 0.717) is 25.0 Å². The third-order valence-corrected chi connectivity index (χ3v) is 11.9. The number of alkyl halides is 3. The number of hydrogen-bond donors (Lipinski definition) is 0. The molecular formula is C25H27F5O5S2. The Morgan fingerprint density at radius 2 is 1.62 bits per heavy atom. The molecule has 3 atom stereocenters. The summed E-state index contributed by atoms with van der Waals surface area (Å²) >= 11 is 0. The predicted molar refractivity (Wildman–Crippen MR) is 127 cm³/mol. The Kier molecular flexibility index (Phi) is 7.39. The van der Waals surface area contributed by atoms with Crippen LogP contribution in [0.1, 0.15) is 50.2 Å². The molecule has 0 saturated heterocycles. The summed E-state index contributed by atoms with van der Waals surface area (Å²) in [5.74, 6) is -4.17. The molecule has 204 valence electrons. The van der Waals surface area contributed by atoms with Crippen molar-refractivity contribution in [1.29, 1.82) is 0 Å². The van der Waals surface area contributed by atoms with E-state index in [2.05, 4.69) is 0 Å². The fraction of sp³-hybridized carbons (Fsp3) is 0.520. The van der Waals surface area contributed by atoms with E-state index in [0.717, 1.165) is 24.3 Å². The van der Waals surface area contributed by atoms with E-state index in [4.69, 9.17) is 4.74 Å². The maximum Gasteiger partial charge on any atom is 0.416 e. The predicted octanol–water partition coefficient (Wildman–Crippen LogP) is 5.68. The Morgan fingerprint density at radius 3 is 2.24 bits per heavy atom. The lowest BCUT2D eigenvalue weighted by molar-refractivity contribution is -0.137. The molecule has 1 heterocycles. The molecule has 1 aliphatic heterocycles. The highest BCUT2D eigenvalue weighted by Gasteiger charge is 2.60. The average Bonchev–Trinajstić information content (AvgIpc) is 2.83. The molecule has 5 nitrogen and oxygen atoms in total. The largest absolute Gasteiger partial charge is 0.490 e. The molecule has 1 fully saturated rings. The van der Waals surface area contributed by atoms with E-state index < -0.39 is 75.8 Å². The van der Waals surface area contributed by atoms with Gasteiger partial charge in [-0.25, -0.2) is 25.6 Å². The van der Waals surface area contributed by atoms with E-state index >= 15 is 4.39 Å². The van der Waals surface area contributed by atoms with E-state index in [-0.39, 0.29) is 37.4 Å². The first-order valence-electron chi connectivity index (χ1n) is 12.0. The molecule has 1 aliphatic carbocycles. The molecule has 2 aromatic rings. The van der Waals surface area contributed by atoms with Crippen LogP contribution in [0, 0.1) is 23.5 Å². The van der Waals surface area contributed by atoms with E-state index in [1.807, 2.05) is 0 Å². The Bertz CT molecular complexity index is 1370. The zero-order valence-electron chi connectivity index (χ0n) is 20.0. The SMILES string of the molecule is CCCS(=O)(=O)CC[C@@H]1CCC[C@@]2(S(=O)(=O)c3ccc(C(F)(F)F)cc3)c3c(F)ccc(F)c3OC[C@@H]12. The van der Waals surface area contributed by atoms with Crippen molar-refractivity contribution in [2.75, 3.05) is 18.1 Å². The number of sulfone groups is 2. The Hall–Kier alpha value is -2.21. The van der Waals surface area contributed by atoms with Gasteiger partial charge in [-0.3, -0.25) is 0 Å². The summed E-state index contributed by atoms with van der Waals surface area (Å²) in [4.78, 5) is -0.457. The van der Waals surface area contributed by atoms with Crippen LogP contribution < -0.4 is 4.74 Å². The summed E-state index contributed by atoms with van der Waals surface area (Å²) in [6, 6.07) is 4.55. The van der Waals surface area contributed by atoms with Gasteiger partial charge >= 0.3 is 6.18 Å². The minimum absolute atomic E-state index is 0.0292. The Balaban J connectivity index is 1.87. The number of fused-ring (bicyclic) bond motifs is 3. The van der Waals surface area contributed by atoms with Crippen molar-refractivity contribution >= 4 is 19.7 Å². The highest BCUT2D eigenvalue weighted by Crippen LogP contribution is 2.58. The van der Waals surface area contributed by atoms with Crippen LogP contribution in [0.5, 0.6) is 5.75 Å². The molecule has 0 amide bonds. The summed E-state index contributed by atoms with van der Waals surface area (Å²) in [5.41, 5.74) is -1.53. The van der Waals surface area contributed by atoms with Crippen molar-refractivity contribution in [3.05, 3.63) is 59.2 Å². The molecule has 0 unspecified atom stereocenters. The third-order valence-electron chi connectivity index (χ3n) is 7.47. The number of hydrogen-bond acceptors (Lipinski definition) is 5. The van der Waals surface area contributed by atoms with Gasteiger partial charge < -0.3 is 4.74 Å². The molecule has 0 spiro atoms. The first kappa shape index (κ1) is 27.8. The minimum atomic E-state index is -4.69. The summed E-state index contributed by atoms with van der Waals surface area (Å²) in [5, 5.41) is 0. The summed E-state index contributed by atoms with van der Waals surface area (Å²) in [6.07, 6.45) is -3.56. The second-order valence-electron chi connectivity index (χ2n) is 9.66. The number of ether oxygens (including phenoxy) is 1. The van der Waals surface area contributed by atoms with Crippen LogP contribution >= 0.6 is 0 Å². The summed E-state index contributed by atoms with van der Waals surface area (Å²) in [6.45, 7) is 1.43. The Labute approximate surface area is 212 Å². The summed E-state index contributed by atoms with van der Waals surface area (Å²) in [7, 11) is -8.00. The molecule has 0 aromatic heterocycles. The maximum absolute atomic E-state index is 15.4. The fourth-order valence-electron chi connectivity index (χ4n) is 5.81. The van der Waals surface area contributed by atoms with Crippen LogP contribution in [-0.4, -0.2) is 34.9 Å². The van der Waals surface area contributed by atoms with Crippen molar-refractivity contribution in [3.63, 3.8) is 0 Å². The van der Waals surface area contributed by atoms with Gasteiger partial charge in [0.1, 0.15) is 20.4 Å².